The number of hydrogen-bond donors (Lipinski definition) is 1. The summed E-state index contributed by atoms with van der Waals surface area (Å²) >= 11 is 5.64. The molecule has 0 bridgehead atoms. The molecule has 0 aromatic carbocycles. The van der Waals surface area contributed by atoms with E-state index in [4.69, 9.17) is 16.3 Å². The molecule has 0 unspecified atom stereocenters. The Balaban J connectivity index is 2.19. The maximum absolute atomic E-state index is 11.5. The van der Waals surface area contributed by atoms with Crippen molar-refractivity contribution in [1.82, 2.24) is 5.32 Å². The van der Waals surface area contributed by atoms with Gasteiger partial charge in [0.15, 0.2) is 0 Å². The van der Waals surface area contributed by atoms with E-state index >= 15 is 0 Å². The smallest absolute Gasteiger partial charge is 0.407 e. The Morgan fingerprint density at radius 3 is 2.47 bits per heavy atom. The van der Waals surface area contributed by atoms with Crippen LogP contribution in [0.15, 0.2) is 12.2 Å². The zero-order chi connectivity index (χ0) is 14.3. The second kappa shape index (κ2) is 7.78. The number of nitrogens with one attached hydrogen (secondary N) is 1. The first-order valence-corrected chi connectivity index (χ1v) is 7.63. The number of rotatable bonds is 4. The predicted octanol–water partition coefficient (Wildman–Crippen LogP) is 4.11. The van der Waals surface area contributed by atoms with E-state index in [1.807, 2.05) is 26.8 Å². The molecule has 110 valence electrons. The van der Waals surface area contributed by atoms with Crippen LogP contribution >= 0.6 is 11.6 Å². The van der Waals surface area contributed by atoms with Gasteiger partial charge >= 0.3 is 6.09 Å². The summed E-state index contributed by atoms with van der Waals surface area (Å²) in [6.07, 6.45) is 8.65. The number of hydrogen-bond acceptors (Lipinski definition) is 2. The van der Waals surface area contributed by atoms with E-state index in [2.05, 4.69) is 11.4 Å². The number of carbonyl (C=O) groups is 1. The van der Waals surface area contributed by atoms with E-state index in [0.717, 1.165) is 19.4 Å². The van der Waals surface area contributed by atoms with E-state index in [1.165, 1.54) is 12.8 Å². The fourth-order valence-electron chi connectivity index (χ4n) is 2.37. The van der Waals surface area contributed by atoms with Crippen LogP contribution in [0, 0.1) is 11.8 Å². The Kier molecular flexibility index (Phi) is 6.70. The van der Waals surface area contributed by atoms with Gasteiger partial charge in [-0.3, -0.25) is 0 Å². The van der Waals surface area contributed by atoms with E-state index in [0.29, 0.717) is 17.7 Å². The van der Waals surface area contributed by atoms with Gasteiger partial charge in [-0.25, -0.2) is 4.79 Å². The summed E-state index contributed by atoms with van der Waals surface area (Å²) in [6.45, 7) is 6.35. The average Bonchev–Trinajstić information content (AvgIpc) is 2.33. The SMILES string of the molecule is CC(C)(C)OC(=O)NCC1CCC(/C=C/CCl)CC1. The van der Waals surface area contributed by atoms with Gasteiger partial charge in [0.05, 0.1) is 0 Å². The molecular formula is C15H26ClNO2. The normalized spacial score (nSPS) is 24.4. The Morgan fingerprint density at radius 2 is 1.95 bits per heavy atom. The Hall–Kier alpha value is -0.700. The molecule has 4 heteroatoms. The van der Waals surface area contributed by atoms with Crippen molar-refractivity contribution in [3.63, 3.8) is 0 Å². The molecule has 1 rings (SSSR count). The summed E-state index contributed by atoms with van der Waals surface area (Å²) < 4.78 is 5.23. The lowest BCUT2D eigenvalue weighted by Crippen LogP contribution is -2.36. The maximum Gasteiger partial charge on any atom is 0.407 e. The predicted molar refractivity (Wildman–Crippen MR) is 79.5 cm³/mol. The molecule has 1 amide bonds. The van der Waals surface area contributed by atoms with Gasteiger partial charge in [-0.1, -0.05) is 12.2 Å². The quantitative estimate of drug-likeness (QED) is 0.624. The van der Waals surface area contributed by atoms with Gasteiger partial charge in [-0.05, 0) is 58.3 Å². The van der Waals surface area contributed by atoms with E-state index in [9.17, 15) is 4.79 Å². The van der Waals surface area contributed by atoms with Crippen LogP contribution in [0.2, 0.25) is 0 Å². The minimum Gasteiger partial charge on any atom is -0.444 e. The molecule has 3 nitrogen and oxygen atoms in total. The van der Waals surface area contributed by atoms with Crippen LogP contribution in [0.4, 0.5) is 4.79 Å². The van der Waals surface area contributed by atoms with Crippen LogP contribution in [0.25, 0.3) is 0 Å². The van der Waals surface area contributed by atoms with Crippen LogP contribution in [-0.4, -0.2) is 24.1 Å². The van der Waals surface area contributed by atoms with Crippen molar-refractivity contribution in [3.05, 3.63) is 12.2 Å². The largest absolute Gasteiger partial charge is 0.444 e. The number of amides is 1. The van der Waals surface area contributed by atoms with E-state index in [1.54, 1.807) is 0 Å². The number of alkyl halides is 1. The molecule has 0 aromatic heterocycles. The molecule has 1 aliphatic rings. The lowest BCUT2D eigenvalue weighted by atomic mass is 9.82. The van der Waals surface area contributed by atoms with Gasteiger partial charge in [-0.2, -0.15) is 0 Å². The Bertz CT molecular complexity index is 302. The highest BCUT2D eigenvalue weighted by molar-refractivity contribution is 6.18. The monoisotopic (exact) mass is 287 g/mol. The van der Waals surface area contributed by atoms with Crippen LogP contribution in [0.1, 0.15) is 46.5 Å². The fraction of sp³-hybridized carbons (Fsp3) is 0.800. The molecule has 1 aliphatic carbocycles. The third-order valence-corrected chi connectivity index (χ3v) is 3.50. The minimum absolute atomic E-state index is 0.309. The average molecular weight is 288 g/mol. The molecule has 0 heterocycles. The molecular weight excluding hydrogens is 262 g/mol. The molecule has 1 N–H and O–H groups in total. The molecule has 0 saturated heterocycles. The molecule has 1 saturated carbocycles. The van der Waals surface area contributed by atoms with Gasteiger partial charge in [0.2, 0.25) is 0 Å². The van der Waals surface area contributed by atoms with Gasteiger partial charge in [0, 0.05) is 12.4 Å². The van der Waals surface area contributed by atoms with Crippen LogP contribution in [0.3, 0.4) is 0 Å². The third kappa shape index (κ3) is 7.46. The van der Waals surface area contributed by atoms with Crippen LogP contribution in [-0.2, 0) is 4.74 Å². The topological polar surface area (TPSA) is 38.3 Å². The molecule has 0 radical (unpaired) electrons. The van der Waals surface area contributed by atoms with Crippen molar-refractivity contribution in [2.24, 2.45) is 11.8 Å². The summed E-state index contributed by atoms with van der Waals surface area (Å²) in [6, 6.07) is 0. The summed E-state index contributed by atoms with van der Waals surface area (Å²) in [4.78, 5) is 11.5. The Labute approximate surface area is 121 Å². The van der Waals surface area contributed by atoms with Crippen LogP contribution in [0.5, 0.6) is 0 Å². The van der Waals surface area contributed by atoms with Crippen molar-refractivity contribution in [2.45, 2.75) is 52.1 Å². The van der Waals surface area contributed by atoms with Gasteiger partial charge in [0.1, 0.15) is 5.60 Å². The second-order valence-corrected chi connectivity index (χ2v) is 6.55. The maximum atomic E-state index is 11.5. The zero-order valence-corrected chi connectivity index (χ0v) is 13.0. The third-order valence-electron chi connectivity index (χ3n) is 3.32. The summed E-state index contributed by atoms with van der Waals surface area (Å²) in [5, 5.41) is 2.87. The highest BCUT2D eigenvalue weighted by Crippen LogP contribution is 2.29. The molecule has 0 spiro atoms. The van der Waals surface area contributed by atoms with Gasteiger partial charge < -0.3 is 10.1 Å². The molecule has 19 heavy (non-hydrogen) atoms. The standard InChI is InChI=1S/C15H26ClNO2/c1-15(2,3)19-14(18)17-11-13-8-6-12(7-9-13)5-4-10-16/h4-5,12-13H,6-11H2,1-3H3,(H,17,18)/b5-4+. The van der Waals surface area contributed by atoms with Crippen molar-refractivity contribution in [3.8, 4) is 0 Å². The second-order valence-electron chi connectivity index (χ2n) is 6.25. The minimum atomic E-state index is -0.423. The lowest BCUT2D eigenvalue weighted by Gasteiger charge is -2.27. The van der Waals surface area contributed by atoms with Gasteiger partial charge in [0.25, 0.3) is 0 Å². The first-order valence-electron chi connectivity index (χ1n) is 7.10. The molecule has 0 aromatic rings. The number of allylic oxidation sites excluding steroid dienone is 2. The highest BCUT2D eigenvalue weighted by atomic mass is 35.5. The number of alkyl carbamates (subject to hydrolysis) is 1. The van der Waals surface area contributed by atoms with Crippen molar-refractivity contribution < 1.29 is 9.53 Å². The van der Waals surface area contributed by atoms with Gasteiger partial charge in [-0.15, -0.1) is 11.6 Å². The fourth-order valence-corrected chi connectivity index (χ4v) is 2.47. The summed E-state index contributed by atoms with van der Waals surface area (Å²) in [5.41, 5.74) is -0.423. The number of halogens is 1. The van der Waals surface area contributed by atoms with Crippen molar-refractivity contribution in [1.29, 1.82) is 0 Å². The highest BCUT2D eigenvalue weighted by Gasteiger charge is 2.21. The zero-order valence-electron chi connectivity index (χ0n) is 12.2. The van der Waals surface area contributed by atoms with E-state index in [-0.39, 0.29) is 6.09 Å². The lowest BCUT2D eigenvalue weighted by molar-refractivity contribution is 0.0514. The van der Waals surface area contributed by atoms with Crippen LogP contribution < -0.4 is 5.32 Å². The molecule has 1 fully saturated rings. The molecule has 0 atom stereocenters. The van der Waals surface area contributed by atoms with E-state index < -0.39 is 5.60 Å². The van der Waals surface area contributed by atoms with Crippen molar-refractivity contribution in [2.75, 3.05) is 12.4 Å². The first-order chi connectivity index (χ1) is 8.90. The molecule has 0 aliphatic heterocycles. The first kappa shape index (κ1) is 16.4. The summed E-state index contributed by atoms with van der Waals surface area (Å²) in [5.74, 6) is 1.84. The van der Waals surface area contributed by atoms with Crippen molar-refractivity contribution >= 4 is 17.7 Å². The summed E-state index contributed by atoms with van der Waals surface area (Å²) in [7, 11) is 0. The number of ether oxygens (including phenoxy) is 1. The number of carbonyl (C=O) groups excluding carboxylic acids is 1. The Morgan fingerprint density at radius 1 is 1.32 bits per heavy atom.